The van der Waals surface area contributed by atoms with Crippen molar-refractivity contribution < 1.29 is 13.9 Å². The van der Waals surface area contributed by atoms with Crippen molar-refractivity contribution in [1.29, 1.82) is 0 Å². The van der Waals surface area contributed by atoms with Crippen LogP contribution in [-0.2, 0) is 0 Å². The minimum Gasteiger partial charge on any atom is -0.457 e. The van der Waals surface area contributed by atoms with Gasteiger partial charge >= 0.3 is 5.97 Å². The Hall–Kier alpha value is -2.03. The molecule has 0 bridgehead atoms. The molecule has 0 fully saturated rings. The maximum absolute atomic E-state index is 11.6. The summed E-state index contributed by atoms with van der Waals surface area (Å²) in [6.45, 7) is 4.32. The van der Waals surface area contributed by atoms with Gasteiger partial charge in [-0.2, -0.15) is 0 Å². The normalized spacial score (nSPS) is 12.1. The summed E-state index contributed by atoms with van der Waals surface area (Å²) < 4.78 is 10.2. The van der Waals surface area contributed by atoms with Crippen molar-refractivity contribution in [2.75, 3.05) is 0 Å². The summed E-state index contributed by atoms with van der Waals surface area (Å²) in [5, 5.41) is 0. The minimum absolute atomic E-state index is 0.209. The van der Waals surface area contributed by atoms with Gasteiger partial charge < -0.3 is 9.15 Å². The van der Waals surface area contributed by atoms with Crippen LogP contribution in [0, 0.1) is 0 Å². The van der Waals surface area contributed by atoms with Crippen LogP contribution in [0.2, 0.25) is 0 Å². The minimum atomic E-state index is -0.476. The highest BCUT2D eigenvalue weighted by atomic mass is 16.5. The molecule has 0 amide bonds. The third kappa shape index (κ3) is 2.80. The Labute approximate surface area is 106 Å². The van der Waals surface area contributed by atoms with Gasteiger partial charge in [0.1, 0.15) is 5.75 Å². The molecule has 0 spiro atoms. The lowest BCUT2D eigenvalue weighted by atomic mass is 9.99. The summed E-state index contributed by atoms with van der Waals surface area (Å²) in [7, 11) is 0. The van der Waals surface area contributed by atoms with E-state index in [9.17, 15) is 4.79 Å². The Kier molecular flexibility index (Phi) is 3.82. The number of esters is 1. The number of benzene rings is 1. The molecule has 3 heteroatoms. The molecule has 2 rings (SSSR count). The molecular weight excluding hydrogens is 228 g/mol. The van der Waals surface area contributed by atoms with Crippen molar-refractivity contribution >= 4 is 5.97 Å². The van der Waals surface area contributed by atoms with Crippen LogP contribution in [0.5, 0.6) is 5.75 Å². The van der Waals surface area contributed by atoms with Gasteiger partial charge in [0.25, 0.3) is 0 Å². The standard InChI is InChI=1S/C15H16O3/c1-3-11(2)12-6-8-13(9-7-12)18-15(16)14-5-4-10-17-14/h4-11H,3H2,1-2H3. The SMILES string of the molecule is CCC(C)c1ccc(OC(=O)c2ccco2)cc1. The zero-order valence-electron chi connectivity index (χ0n) is 10.6. The molecule has 0 N–H and O–H groups in total. The number of carbonyl (C=O) groups is 1. The summed E-state index contributed by atoms with van der Waals surface area (Å²) in [5.74, 6) is 0.778. The van der Waals surface area contributed by atoms with Crippen LogP contribution in [0.3, 0.4) is 0 Å². The van der Waals surface area contributed by atoms with E-state index in [1.54, 1.807) is 12.1 Å². The van der Waals surface area contributed by atoms with Crippen LogP contribution < -0.4 is 4.74 Å². The second-order valence-electron chi connectivity index (χ2n) is 4.25. The first kappa shape index (κ1) is 12.4. The molecule has 1 aromatic carbocycles. The predicted molar refractivity (Wildman–Crippen MR) is 68.8 cm³/mol. The monoisotopic (exact) mass is 244 g/mol. The third-order valence-electron chi connectivity index (χ3n) is 2.99. The first-order valence-corrected chi connectivity index (χ1v) is 6.06. The van der Waals surface area contributed by atoms with E-state index in [1.165, 1.54) is 11.8 Å². The van der Waals surface area contributed by atoms with E-state index in [4.69, 9.17) is 9.15 Å². The lowest BCUT2D eigenvalue weighted by Crippen LogP contribution is -2.07. The van der Waals surface area contributed by atoms with Gasteiger partial charge in [-0.1, -0.05) is 26.0 Å². The molecule has 1 unspecified atom stereocenters. The number of carbonyl (C=O) groups excluding carboxylic acids is 1. The van der Waals surface area contributed by atoms with Crippen LogP contribution in [0.25, 0.3) is 0 Å². The van der Waals surface area contributed by atoms with E-state index >= 15 is 0 Å². The van der Waals surface area contributed by atoms with Crippen LogP contribution >= 0.6 is 0 Å². The molecule has 0 aliphatic carbocycles. The Morgan fingerprint density at radius 3 is 2.56 bits per heavy atom. The van der Waals surface area contributed by atoms with E-state index in [1.807, 2.05) is 24.3 Å². The highest BCUT2D eigenvalue weighted by Crippen LogP contribution is 2.22. The smallest absolute Gasteiger partial charge is 0.379 e. The Morgan fingerprint density at radius 1 is 1.28 bits per heavy atom. The average Bonchev–Trinajstić information content (AvgIpc) is 2.92. The van der Waals surface area contributed by atoms with Gasteiger partial charge in [0.05, 0.1) is 6.26 Å². The van der Waals surface area contributed by atoms with Crippen molar-refractivity contribution in [2.24, 2.45) is 0 Å². The molecule has 94 valence electrons. The first-order chi connectivity index (χ1) is 8.70. The highest BCUT2D eigenvalue weighted by molar-refractivity contribution is 5.88. The summed E-state index contributed by atoms with van der Waals surface area (Å²) in [6, 6.07) is 10.8. The molecular formula is C15H16O3. The fourth-order valence-corrected chi connectivity index (χ4v) is 1.65. The molecule has 1 atom stereocenters. The fourth-order valence-electron chi connectivity index (χ4n) is 1.65. The Bertz CT molecular complexity index is 497. The molecule has 1 heterocycles. The number of hydrogen-bond donors (Lipinski definition) is 0. The van der Waals surface area contributed by atoms with E-state index in [0.717, 1.165) is 6.42 Å². The zero-order chi connectivity index (χ0) is 13.0. The lowest BCUT2D eigenvalue weighted by Gasteiger charge is -2.09. The molecule has 0 aliphatic rings. The molecule has 0 aliphatic heterocycles. The zero-order valence-corrected chi connectivity index (χ0v) is 10.6. The van der Waals surface area contributed by atoms with Crippen LogP contribution in [0.4, 0.5) is 0 Å². The predicted octanol–water partition coefficient (Wildman–Crippen LogP) is 4.01. The molecule has 0 saturated carbocycles. The topological polar surface area (TPSA) is 39.4 Å². The summed E-state index contributed by atoms with van der Waals surface area (Å²) >= 11 is 0. The van der Waals surface area contributed by atoms with Crippen LogP contribution in [0.15, 0.2) is 47.1 Å². The number of rotatable bonds is 4. The van der Waals surface area contributed by atoms with E-state index in [-0.39, 0.29) is 5.76 Å². The molecule has 3 nitrogen and oxygen atoms in total. The molecule has 18 heavy (non-hydrogen) atoms. The van der Waals surface area contributed by atoms with Gasteiger partial charge in [-0.3, -0.25) is 0 Å². The lowest BCUT2D eigenvalue weighted by molar-refractivity contribution is 0.0701. The van der Waals surface area contributed by atoms with Crippen molar-refractivity contribution in [1.82, 2.24) is 0 Å². The quantitative estimate of drug-likeness (QED) is 0.602. The van der Waals surface area contributed by atoms with Crippen molar-refractivity contribution in [3.05, 3.63) is 54.0 Å². The largest absolute Gasteiger partial charge is 0.457 e. The van der Waals surface area contributed by atoms with Gasteiger partial charge in [0.15, 0.2) is 0 Å². The van der Waals surface area contributed by atoms with Gasteiger partial charge in [-0.25, -0.2) is 4.79 Å². The van der Waals surface area contributed by atoms with Gasteiger partial charge in [0.2, 0.25) is 5.76 Å². The van der Waals surface area contributed by atoms with Gasteiger partial charge in [0, 0.05) is 0 Å². The summed E-state index contributed by atoms with van der Waals surface area (Å²) in [4.78, 5) is 11.6. The maximum atomic E-state index is 11.6. The number of hydrogen-bond acceptors (Lipinski definition) is 3. The van der Waals surface area contributed by atoms with E-state index in [2.05, 4.69) is 13.8 Å². The van der Waals surface area contributed by atoms with Crippen LogP contribution in [-0.4, -0.2) is 5.97 Å². The fraction of sp³-hybridized carbons (Fsp3) is 0.267. The maximum Gasteiger partial charge on any atom is 0.379 e. The van der Waals surface area contributed by atoms with Crippen LogP contribution in [0.1, 0.15) is 42.3 Å². The first-order valence-electron chi connectivity index (χ1n) is 6.06. The van der Waals surface area contributed by atoms with E-state index < -0.39 is 5.97 Å². The van der Waals surface area contributed by atoms with Gasteiger partial charge in [-0.15, -0.1) is 0 Å². The highest BCUT2D eigenvalue weighted by Gasteiger charge is 2.11. The third-order valence-corrected chi connectivity index (χ3v) is 2.99. The van der Waals surface area contributed by atoms with Crippen molar-refractivity contribution in [3.8, 4) is 5.75 Å². The summed E-state index contributed by atoms with van der Waals surface area (Å²) in [5.41, 5.74) is 1.25. The summed E-state index contributed by atoms with van der Waals surface area (Å²) in [6.07, 6.45) is 2.54. The van der Waals surface area contributed by atoms with Gasteiger partial charge in [-0.05, 0) is 42.2 Å². The number of ether oxygens (including phenoxy) is 1. The van der Waals surface area contributed by atoms with Crippen molar-refractivity contribution in [3.63, 3.8) is 0 Å². The van der Waals surface area contributed by atoms with Crippen molar-refractivity contribution in [2.45, 2.75) is 26.2 Å². The molecule has 0 saturated heterocycles. The number of furan rings is 1. The molecule has 0 radical (unpaired) electrons. The second-order valence-corrected chi connectivity index (χ2v) is 4.25. The van der Waals surface area contributed by atoms with E-state index in [0.29, 0.717) is 11.7 Å². The second kappa shape index (κ2) is 5.54. The Morgan fingerprint density at radius 2 is 2.00 bits per heavy atom. The molecule has 1 aromatic heterocycles. The molecule has 2 aromatic rings. The average molecular weight is 244 g/mol. The Balaban J connectivity index is 2.04.